The number of thiazole rings is 1. The number of para-hydroxylation sites is 1. The molecule has 0 radical (unpaired) electrons. The number of ether oxygens (including phenoxy) is 1. The SMILES string of the molecule is CCOc1ccc(-c2nc(NC(=O)c3coc4ccccc4c3=O)sc2C)cc1. The number of hydrogen-bond acceptors (Lipinski definition) is 6. The molecule has 4 aromatic rings. The first-order valence-electron chi connectivity index (χ1n) is 9.09. The van der Waals surface area contributed by atoms with E-state index in [2.05, 4.69) is 10.3 Å². The van der Waals surface area contributed by atoms with Crippen LogP contribution in [-0.2, 0) is 0 Å². The number of amides is 1. The molecule has 0 aliphatic heterocycles. The summed E-state index contributed by atoms with van der Waals surface area (Å²) in [7, 11) is 0. The summed E-state index contributed by atoms with van der Waals surface area (Å²) in [6.45, 7) is 4.47. The highest BCUT2D eigenvalue weighted by atomic mass is 32.1. The van der Waals surface area contributed by atoms with Crippen LogP contribution in [0.4, 0.5) is 5.13 Å². The molecule has 0 saturated heterocycles. The summed E-state index contributed by atoms with van der Waals surface area (Å²) < 4.78 is 10.9. The van der Waals surface area contributed by atoms with E-state index in [-0.39, 0.29) is 11.0 Å². The summed E-state index contributed by atoms with van der Waals surface area (Å²) in [6, 6.07) is 14.4. The zero-order valence-corrected chi connectivity index (χ0v) is 16.7. The lowest BCUT2D eigenvalue weighted by atomic mass is 10.1. The molecule has 146 valence electrons. The van der Waals surface area contributed by atoms with Crippen molar-refractivity contribution in [3.05, 3.63) is 75.5 Å². The van der Waals surface area contributed by atoms with Crippen molar-refractivity contribution in [2.45, 2.75) is 13.8 Å². The highest BCUT2D eigenvalue weighted by Gasteiger charge is 2.17. The maximum atomic E-state index is 12.6. The molecule has 2 heterocycles. The van der Waals surface area contributed by atoms with Gasteiger partial charge in [0.2, 0.25) is 5.43 Å². The fourth-order valence-electron chi connectivity index (χ4n) is 2.99. The summed E-state index contributed by atoms with van der Waals surface area (Å²) in [4.78, 5) is 30.7. The smallest absolute Gasteiger partial charge is 0.264 e. The fourth-order valence-corrected chi connectivity index (χ4v) is 3.82. The summed E-state index contributed by atoms with van der Waals surface area (Å²) >= 11 is 1.35. The Balaban J connectivity index is 1.59. The quantitative estimate of drug-likeness (QED) is 0.511. The third-order valence-electron chi connectivity index (χ3n) is 4.38. The van der Waals surface area contributed by atoms with E-state index in [0.717, 1.165) is 21.9 Å². The van der Waals surface area contributed by atoms with E-state index in [1.807, 2.05) is 38.1 Å². The van der Waals surface area contributed by atoms with E-state index in [1.54, 1.807) is 24.3 Å². The standard InChI is InChI=1S/C22H18N2O4S/c1-3-27-15-10-8-14(9-11-15)19-13(2)29-22(23-19)24-21(26)17-12-28-18-7-5-4-6-16(18)20(17)25/h4-12H,3H2,1-2H3,(H,23,24,26). The number of nitrogens with zero attached hydrogens (tertiary/aromatic N) is 1. The van der Waals surface area contributed by atoms with Crippen LogP contribution in [0, 0.1) is 6.92 Å². The predicted octanol–water partition coefficient (Wildman–Crippen LogP) is 4.88. The maximum Gasteiger partial charge on any atom is 0.264 e. The second-order valence-electron chi connectivity index (χ2n) is 6.31. The molecule has 1 amide bonds. The Hall–Kier alpha value is -3.45. The molecule has 0 unspecified atom stereocenters. The molecular weight excluding hydrogens is 388 g/mol. The van der Waals surface area contributed by atoms with Gasteiger partial charge in [-0.15, -0.1) is 11.3 Å². The second kappa shape index (κ2) is 7.89. The van der Waals surface area contributed by atoms with Crippen LogP contribution in [0.25, 0.3) is 22.2 Å². The Morgan fingerprint density at radius 1 is 1.17 bits per heavy atom. The van der Waals surface area contributed by atoms with E-state index in [4.69, 9.17) is 9.15 Å². The number of fused-ring (bicyclic) bond motifs is 1. The summed E-state index contributed by atoms with van der Waals surface area (Å²) in [5, 5.41) is 3.50. The van der Waals surface area contributed by atoms with Gasteiger partial charge in [-0.3, -0.25) is 14.9 Å². The summed E-state index contributed by atoms with van der Waals surface area (Å²) in [6.07, 6.45) is 1.19. The first kappa shape index (κ1) is 18.9. The van der Waals surface area contributed by atoms with Gasteiger partial charge in [-0.2, -0.15) is 0 Å². The molecule has 6 nitrogen and oxygen atoms in total. The Morgan fingerprint density at radius 3 is 2.69 bits per heavy atom. The average Bonchev–Trinajstić information content (AvgIpc) is 3.09. The van der Waals surface area contributed by atoms with E-state index in [0.29, 0.717) is 22.7 Å². The van der Waals surface area contributed by atoms with Gasteiger partial charge in [0.1, 0.15) is 23.2 Å². The molecule has 0 bridgehead atoms. The van der Waals surface area contributed by atoms with Gasteiger partial charge in [0.15, 0.2) is 5.13 Å². The van der Waals surface area contributed by atoms with Gasteiger partial charge in [-0.25, -0.2) is 4.98 Å². The molecule has 0 saturated carbocycles. The van der Waals surface area contributed by atoms with Crippen LogP contribution in [0.2, 0.25) is 0 Å². The van der Waals surface area contributed by atoms with Crippen LogP contribution in [0.3, 0.4) is 0 Å². The van der Waals surface area contributed by atoms with Crippen molar-refractivity contribution in [2.24, 2.45) is 0 Å². The molecule has 0 aliphatic carbocycles. The van der Waals surface area contributed by atoms with E-state index >= 15 is 0 Å². The average molecular weight is 406 g/mol. The monoisotopic (exact) mass is 406 g/mol. The van der Waals surface area contributed by atoms with Gasteiger partial charge in [-0.05, 0) is 50.2 Å². The Morgan fingerprint density at radius 2 is 1.93 bits per heavy atom. The molecule has 1 N–H and O–H groups in total. The molecule has 4 rings (SSSR count). The van der Waals surface area contributed by atoms with Crippen molar-refractivity contribution in [2.75, 3.05) is 11.9 Å². The Labute approximate surface area is 170 Å². The number of nitrogens with one attached hydrogen (secondary N) is 1. The molecule has 2 aromatic heterocycles. The van der Waals surface area contributed by atoms with Gasteiger partial charge < -0.3 is 9.15 Å². The van der Waals surface area contributed by atoms with Crippen molar-refractivity contribution in [1.29, 1.82) is 0 Å². The number of aromatic nitrogens is 1. The number of anilines is 1. The number of rotatable bonds is 5. The molecule has 29 heavy (non-hydrogen) atoms. The normalized spacial score (nSPS) is 10.8. The van der Waals surface area contributed by atoms with Gasteiger partial charge in [-0.1, -0.05) is 12.1 Å². The van der Waals surface area contributed by atoms with Crippen LogP contribution in [0.1, 0.15) is 22.2 Å². The van der Waals surface area contributed by atoms with Crippen LogP contribution in [0.5, 0.6) is 5.75 Å². The van der Waals surface area contributed by atoms with Crippen molar-refractivity contribution in [1.82, 2.24) is 4.98 Å². The molecule has 7 heteroatoms. The molecule has 0 atom stereocenters. The minimum atomic E-state index is -0.545. The number of carbonyl (C=O) groups is 1. The number of aryl methyl sites for hydroxylation is 1. The first-order chi connectivity index (χ1) is 14.1. The van der Waals surface area contributed by atoms with Gasteiger partial charge in [0.25, 0.3) is 5.91 Å². The minimum Gasteiger partial charge on any atom is -0.494 e. The van der Waals surface area contributed by atoms with Crippen LogP contribution in [-0.4, -0.2) is 17.5 Å². The molecule has 0 fully saturated rings. The lowest BCUT2D eigenvalue weighted by Gasteiger charge is -2.04. The van der Waals surface area contributed by atoms with Crippen molar-refractivity contribution < 1.29 is 13.9 Å². The van der Waals surface area contributed by atoms with E-state index in [9.17, 15) is 9.59 Å². The Kier molecular flexibility index (Phi) is 5.14. The van der Waals surface area contributed by atoms with Crippen molar-refractivity contribution in [3.63, 3.8) is 0 Å². The highest BCUT2D eigenvalue weighted by molar-refractivity contribution is 7.16. The maximum absolute atomic E-state index is 12.6. The predicted molar refractivity (Wildman–Crippen MR) is 114 cm³/mol. The third kappa shape index (κ3) is 3.77. The second-order valence-corrected chi connectivity index (χ2v) is 7.51. The number of carbonyl (C=O) groups excluding carboxylic acids is 1. The number of benzene rings is 2. The summed E-state index contributed by atoms with van der Waals surface area (Å²) in [5.74, 6) is 0.247. The topological polar surface area (TPSA) is 81.4 Å². The molecule has 2 aromatic carbocycles. The van der Waals surface area contributed by atoms with Crippen LogP contribution in [0.15, 0.2) is 64.0 Å². The fraction of sp³-hybridized carbons (Fsp3) is 0.136. The third-order valence-corrected chi connectivity index (χ3v) is 5.27. The van der Waals surface area contributed by atoms with Crippen LogP contribution < -0.4 is 15.5 Å². The molecule has 0 spiro atoms. The van der Waals surface area contributed by atoms with Crippen LogP contribution >= 0.6 is 11.3 Å². The highest BCUT2D eigenvalue weighted by Crippen LogP contribution is 2.31. The van der Waals surface area contributed by atoms with Crippen molar-refractivity contribution >= 4 is 33.3 Å². The largest absolute Gasteiger partial charge is 0.494 e. The van der Waals surface area contributed by atoms with E-state index < -0.39 is 5.91 Å². The van der Waals surface area contributed by atoms with Crippen molar-refractivity contribution in [3.8, 4) is 17.0 Å². The van der Waals surface area contributed by atoms with Gasteiger partial charge in [0.05, 0.1) is 17.7 Å². The summed E-state index contributed by atoms with van der Waals surface area (Å²) in [5.41, 5.74) is 1.72. The first-order valence-corrected chi connectivity index (χ1v) is 9.91. The lowest BCUT2D eigenvalue weighted by Crippen LogP contribution is -2.21. The zero-order valence-electron chi connectivity index (χ0n) is 15.9. The minimum absolute atomic E-state index is 0.0563. The number of hydrogen-bond donors (Lipinski definition) is 1. The van der Waals surface area contributed by atoms with Gasteiger partial charge >= 0.3 is 0 Å². The Bertz CT molecular complexity index is 1240. The van der Waals surface area contributed by atoms with Gasteiger partial charge in [0, 0.05) is 10.4 Å². The lowest BCUT2D eigenvalue weighted by molar-refractivity contribution is 0.102. The van der Waals surface area contributed by atoms with E-state index in [1.165, 1.54) is 17.6 Å². The molecular formula is C22H18N2O4S. The molecule has 0 aliphatic rings. The zero-order chi connectivity index (χ0) is 20.4.